The van der Waals surface area contributed by atoms with Crippen LogP contribution >= 0.6 is 0 Å². The maximum absolute atomic E-state index is 12.9. The van der Waals surface area contributed by atoms with Gasteiger partial charge in [-0.3, -0.25) is 14.4 Å². The molecule has 1 saturated heterocycles. The quantitative estimate of drug-likeness (QED) is 0.776. The van der Waals surface area contributed by atoms with E-state index in [4.69, 9.17) is 0 Å². The summed E-state index contributed by atoms with van der Waals surface area (Å²) in [6.45, 7) is 2.95. The number of halogens is 1. The molecule has 0 aromatic heterocycles. The van der Waals surface area contributed by atoms with E-state index in [1.54, 1.807) is 12.1 Å². The number of nitrogens with zero attached hydrogens (tertiary/aromatic N) is 2. The molecule has 3 rings (SSSR count). The smallest absolute Gasteiger partial charge is 0.239 e. The summed E-state index contributed by atoms with van der Waals surface area (Å²) in [7, 11) is 0. The fourth-order valence-corrected chi connectivity index (χ4v) is 4.10. The number of amides is 3. The molecule has 0 spiro atoms. The summed E-state index contributed by atoms with van der Waals surface area (Å²) in [4.78, 5) is 40.8. The molecule has 28 heavy (non-hydrogen) atoms. The van der Waals surface area contributed by atoms with Crippen LogP contribution in [0, 0.1) is 11.7 Å². The molecule has 1 atom stereocenters. The predicted molar refractivity (Wildman–Crippen MR) is 103 cm³/mol. The first-order valence-electron chi connectivity index (χ1n) is 10.1. The van der Waals surface area contributed by atoms with Gasteiger partial charge in [0, 0.05) is 32.1 Å². The van der Waals surface area contributed by atoms with E-state index in [1.807, 2.05) is 11.8 Å². The highest BCUT2D eigenvalue weighted by molar-refractivity contribution is 5.91. The third-order valence-electron chi connectivity index (χ3n) is 5.70. The zero-order valence-corrected chi connectivity index (χ0v) is 16.3. The number of rotatable bonds is 7. The van der Waals surface area contributed by atoms with Crippen LogP contribution in [0.25, 0.3) is 0 Å². The van der Waals surface area contributed by atoms with Gasteiger partial charge >= 0.3 is 0 Å². The molecule has 2 aliphatic rings. The summed E-state index contributed by atoms with van der Waals surface area (Å²) >= 11 is 0. The van der Waals surface area contributed by atoms with Crippen LogP contribution in [0.2, 0.25) is 0 Å². The van der Waals surface area contributed by atoms with Crippen molar-refractivity contribution < 1.29 is 18.8 Å². The van der Waals surface area contributed by atoms with E-state index in [0.717, 1.165) is 31.2 Å². The fourth-order valence-electron chi connectivity index (χ4n) is 4.10. The summed E-state index contributed by atoms with van der Waals surface area (Å²) in [5, 5.41) is 2.76. The maximum Gasteiger partial charge on any atom is 0.239 e. The molecule has 0 unspecified atom stereocenters. The zero-order valence-electron chi connectivity index (χ0n) is 16.3. The third-order valence-corrected chi connectivity index (χ3v) is 5.70. The number of nitrogens with one attached hydrogen (secondary N) is 1. The average Bonchev–Trinajstić information content (AvgIpc) is 3.34. The van der Waals surface area contributed by atoms with Crippen LogP contribution in [0.15, 0.2) is 24.3 Å². The van der Waals surface area contributed by atoms with Crippen LogP contribution < -0.4 is 5.32 Å². The molecule has 1 N–H and O–H groups in total. The van der Waals surface area contributed by atoms with Crippen molar-refractivity contribution in [2.45, 2.75) is 51.6 Å². The second-order valence-electron chi connectivity index (χ2n) is 7.64. The van der Waals surface area contributed by atoms with Gasteiger partial charge in [-0.05, 0) is 37.5 Å². The molecule has 1 aromatic rings. The predicted octanol–water partition coefficient (Wildman–Crippen LogP) is 2.08. The summed E-state index contributed by atoms with van der Waals surface area (Å²) in [6, 6.07) is 6.19. The van der Waals surface area contributed by atoms with E-state index < -0.39 is 0 Å². The fraction of sp³-hybridized carbons (Fsp3) is 0.571. The van der Waals surface area contributed by atoms with Gasteiger partial charge in [-0.25, -0.2) is 4.39 Å². The first-order valence-corrected chi connectivity index (χ1v) is 10.1. The number of hydrogen-bond acceptors (Lipinski definition) is 3. The Morgan fingerprint density at radius 2 is 1.89 bits per heavy atom. The molecule has 152 valence electrons. The molecule has 1 aromatic carbocycles. The third kappa shape index (κ3) is 4.88. The molecular formula is C21H28FN3O3. The van der Waals surface area contributed by atoms with Crippen LogP contribution in [0.5, 0.6) is 0 Å². The van der Waals surface area contributed by atoms with Gasteiger partial charge in [0.1, 0.15) is 5.82 Å². The lowest BCUT2D eigenvalue weighted by Gasteiger charge is -2.26. The Morgan fingerprint density at radius 3 is 2.54 bits per heavy atom. The summed E-state index contributed by atoms with van der Waals surface area (Å²) in [6.07, 6.45) is 4.57. The number of benzene rings is 1. The van der Waals surface area contributed by atoms with E-state index in [-0.39, 0.29) is 55.0 Å². The lowest BCUT2D eigenvalue weighted by Crippen LogP contribution is -2.44. The Balaban J connectivity index is 1.50. The summed E-state index contributed by atoms with van der Waals surface area (Å²) in [5.41, 5.74) is 0.790. The molecule has 1 aliphatic carbocycles. The van der Waals surface area contributed by atoms with Crippen LogP contribution in [0.1, 0.15) is 44.6 Å². The molecule has 2 fully saturated rings. The lowest BCUT2D eigenvalue weighted by molar-refractivity contribution is -0.139. The van der Waals surface area contributed by atoms with E-state index in [1.165, 1.54) is 17.0 Å². The highest BCUT2D eigenvalue weighted by Gasteiger charge is 2.40. The van der Waals surface area contributed by atoms with Crippen molar-refractivity contribution in [2.75, 3.05) is 19.6 Å². The van der Waals surface area contributed by atoms with Gasteiger partial charge in [0.25, 0.3) is 0 Å². The molecule has 7 heteroatoms. The molecule has 6 nitrogen and oxygen atoms in total. The van der Waals surface area contributed by atoms with E-state index in [2.05, 4.69) is 5.32 Å². The molecule has 0 radical (unpaired) electrons. The Labute approximate surface area is 165 Å². The van der Waals surface area contributed by atoms with Crippen molar-refractivity contribution in [2.24, 2.45) is 5.92 Å². The minimum Gasteiger partial charge on any atom is -0.350 e. The standard InChI is InChI=1S/C21H28FN3O3/c1-2-24(14-19(26)23-12-15-7-9-17(22)10-8-15)21(28)16-11-20(27)25(13-16)18-5-3-4-6-18/h7-10,16,18H,2-6,11-14H2,1H3,(H,23,26)/t16-/m0/s1. The number of carbonyl (C=O) groups is 3. The molecule has 1 aliphatic heterocycles. The topological polar surface area (TPSA) is 69.7 Å². The minimum absolute atomic E-state index is 0.0371. The number of hydrogen-bond donors (Lipinski definition) is 1. The van der Waals surface area contributed by atoms with E-state index in [9.17, 15) is 18.8 Å². The van der Waals surface area contributed by atoms with Crippen molar-refractivity contribution in [3.05, 3.63) is 35.6 Å². The molecular weight excluding hydrogens is 361 g/mol. The van der Waals surface area contributed by atoms with Crippen molar-refractivity contribution in [1.29, 1.82) is 0 Å². The van der Waals surface area contributed by atoms with Gasteiger partial charge in [-0.15, -0.1) is 0 Å². The second-order valence-corrected chi connectivity index (χ2v) is 7.64. The SMILES string of the molecule is CCN(CC(=O)NCc1ccc(F)cc1)C(=O)[C@H]1CC(=O)N(C2CCCC2)C1. The van der Waals surface area contributed by atoms with Gasteiger partial charge in [-0.1, -0.05) is 25.0 Å². The van der Waals surface area contributed by atoms with Crippen LogP contribution in [-0.4, -0.2) is 53.2 Å². The highest BCUT2D eigenvalue weighted by Crippen LogP contribution is 2.30. The summed E-state index contributed by atoms with van der Waals surface area (Å²) in [5.74, 6) is -1.03. The normalized spacial score (nSPS) is 19.9. The summed E-state index contributed by atoms with van der Waals surface area (Å²) < 4.78 is 12.9. The van der Waals surface area contributed by atoms with Gasteiger partial charge in [0.2, 0.25) is 17.7 Å². The van der Waals surface area contributed by atoms with Gasteiger partial charge in [0.15, 0.2) is 0 Å². The van der Waals surface area contributed by atoms with Crippen LogP contribution in [-0.2, 0) is 20.9 Å². The number of likely N-dealkylation sites (tertiary alicyclic amines) is 1. The average molecular weight is 389 g/mol. The molecule has 3 amide bonds. The lowest BCUT2D eigenvalue weighted by atomic mass is 10.1. The van der Waals surface area contributed by atoms with Gasteiger partial charge < -0.3 is 15.1 Å². The largest absolute Gasteiger partial charge is 0.350 e. The van der Waals surface area contributed by atoms with E-state index in [0.29, 0.717) is 13.1 Å². The zero-order chi connectivity index (χ0) is 20.1. The minimum atomic E-state index is -0.363. The number of carbonyl (C=O) groups excluding carboxylic acids is 3. The van der Waals surface area contributed by atoms with Gasteiger partial charge in [-0.2, -0.15) is 0 Å². The first-order chi connectivity index (χ1) is 13.5. The van der Waals surface area contributed by atoms with Crippen LogP contribution in [0.3, 0.4) is 0 Å². The second kappa shape index (κ2) is 9.17. The highest BCUT2D eigenvalue weighted by atomic mass is 19.1. The Morgan fingerprint density at radius 1 is 1.21 bits per heavy atom. The monoisotopic (exact) mass is 389 g/mol. The van der Waals surface area contributed by atoms with Crippen molar-refractivity contribution in [3.8, 4) is 0 Å². The Hall–Kier alpha value is -2.44. The van der Waals surface area contributed by atoms with Gasteiger partial charge in [0.05, 0.1) is 12.5 Å². The Kier molecular flexibility index (Phi) is 6.65. The first kappa shape index (κ1) is 20.3. The van der Waals surface area contributed by atoms with E-state index >= 15 is 0 Å². The molecule has 1 heterocycles. The van der Waals surface area contributed by atoms with Crippen LogP contribution in [0.4, 0.5) is 4.39 Å². The van der Waals surface area contributed by atoms with Crippen molar-refractivity contribution >= 4 is 17.7 Å². The van der Waals surface area contributed by atoms with Crippen molar-refractivity contribution in [1.82, 2.24) is 15.1 Å². The Bertz CT molecular complexity index is 716. The van der Waals surface area contributed by atoms with Crippen molar-refractivity contribution in [3.63, 3.8) is 0 Å². The molecule has 1 saturated carbocycles. The maximum atomic E-state index is 12.9. The number of likely N-dealkylation sites (N-methyl/N-ethyl adjacent to an activating group) is 1. The molecule has 0 bridgehead atoms.